The molecule has 8 nitrogen and oxygen atoms in total. The third-order valence-electron chi connectivity index (χ3n) is 4.92. The molecule has 0 aromatic heterocycles. The first-order valence-electron chi connectivity index (χ1n) is 8.94. The van der Waals surface area contributed by atoms with E-state index < -0.39 is 17.5 Å². The molecule has 2 aliphatic rings. The Bertz CT molecular complexity index is 685. The van der Waals surface area contributed by atoms with Gasteiger partial charge in [-0.15, -0.1) is 0 Å². The standard InChI is InChI=1S/C18H25N5O3/c1-18(16(25)21-17(26)22-18)14-5-3-13(4-6-14)15(24)20-7-2-10-23-11-8-19-9-12-23/h3-6,19H,2,7-12H2,1H3,(H,20,24)(H2,21,22,25,26). The quantitative estimate of drug-likeness (QED) is 0.415. The lowest BCUT2D eigenvalue weighted by Gasteiger charge is -2.27. The topological polar surface area (TPSA) is 103 Å². The van der Waals surface area contributed by atoms with Gasteiger partial charge in [0.15, 0.2) is 0 Å². The molecular formula is C18H25N5O3. The minimum absolute atomic E-state index is 0.137. The first-order chi connectivity index (χ1) is 12.5. The van der Waals surface area contributed by atoms with E-state index in [2.05, 4.69) is 26.2 Å². The number of piperazine rings is 1. The van der Waals surface area contributed by atoms with Crippen LogP contribution in [0.4, 0.5) is 4.79 Å². The largest absolute Gasteiger partial charge is 0.352 e. The van der Waals surface area contributed by atoms with E-state index in [1.165, 1.54) is 0 Å². The van der Waals surface area contributed by atoms with E-state index in [4.69, 9.17) is 0 Å². The Hall–Kier alpha value is -2.45. The van der Waals surface area contributed by atoms with Crippen molar-refractivity contribution in [2.24, 2.45) is 0 Å². The lowest BCUT2D eigenvalue weighted by molar-refractivity contribution is -0.123. The van der Waals surface area contributed by atoms with Crippen molar-refractivity contribution in [2.75, 3.05) is 39.3 Å². The molecule has 1 unspecified atom stereocenters. The molecule has 2 saturated heterocycles. The maximum Gasteiger partial charge on any atom is 0.322 e. The van der Waals surface area contributed by atoms with E-state index in [-0.39, 0.29) is 5.91 Å². The molecule has 2 heterocycles. The van der Waals surface area contributed by atoms with Gasteiger partial charge in [-0.2, -0.15) is 0 Å². The number of amides is 4. The summed E-state index contributed by atoms with van der Waals surface area (Å²) in [6, 6.07) is 6.22. The van der Waals surface area contributed by atoms with Gasteiger partial charge in [0.05, 0.1) is 0 Å². The van der Waals surface area contributed by atoms with Crippen molar-refractivity contribution in [3.63, 3.8) is 0 Å². The van der Waals surface area contributed by atoms with Crippen molar-refractivity contribution in [1.29, 1.82) is 0 Å². The van der Waals surface area contributed by atoms with Gasteiger partial charge in [-0.05, 0) is 37.6 Å². The normalized spacial score (nSPS) is 23.4. The van der Waals surface area contributed by atoms with Crippen LogP contribution < -0.4 is 21.3 Å². The maximum atomic E-state index is 12.2. The Kier molecular flexibility index (Phi) is 5.53. The van der Waals surface area contributed by atoms with Crippen molar-refractivity contribution < 1.29 is 14.4 Å². The molecule has 1 atom stereocenters. The van der Waals surface area contributed by atoms with Crippen LogP contribution in [0, 0.1) is 0 Å². The third kappa shape index (κ3) is 4.03. The minimum Gasteiger partial charge on any atom is -0.352 e. The second-order valence-electron chi connectivity index (χ2n) is 6.81. The average molecular weight is 359 g/mol. The number of nitrogens with one attached hydrogen (secondary N) is 4. The van der Waals surface area contributed by atoms with Crippen LogP contribution in [-0.2, 0) is 10.3 Å². The first-order valence-corrected chi connectivity index (χ1v) is 8.94. The molecule has 140 valence electrons. The zero-order valence-corrected chi connectivity index (χ0v) is 14.9. The molecule has 4 N–H and O–H groups in total. The van der Waals surface area contributed by atoms with E-state index in [0.29, 0.717) is 17.7 Å². The summed E-state index contributed by atoms with van der Waals surface area (Å²) < 4.78 is 0. The molecule has 0 aliphatic carbocycles. The Labute approximate surface area is 152 Å². The minimum atomic E-state index is -1.10. The summed E-state index contributed by atoms with van der Waals surface area (Å²) in [7, 11) is 0. The highest BCUT2D eigenvalue weighted by atomic mass is 16.2. The summed E-state index contributed by atoms with van der Waals surface area (Å²) in [6.07, 6.45) is 0.911. The van der Waals surface area contributed by atoms with E-state index in [1.54, 1.807) is 31.2 Å². The molecule has 26 heavy (non-hydrogen) atoms. The number of benzene rings is 1. The lowest BCUT2D eigenvalue weighted by atomic mass is 9.91. The summed E-state index contributed by atoms with van der Waals surface area (Å²) in [6.45, 7) is 7.40. The van der Waals surface area contributed by atoms with Gasteiger partial charge in [-0.25, -0.2) is 4.79 Å². The monoisotopic (exact) mass is 359 g/mol. The highest BCUT2D eigenvalue weighted by Gasteiger charge is 2.43. The Balaban J connectivity index is 1.49. The van der Waals surface area contributed by atoms with Crippen molar-refractivity contribution >= 4 is 17.8 Å². The second kappa shape index (κ2) is 7.84. The van der Waals surface area contributed by atoms with Crippen molar-refractivity contribution in [3.8, 4) is 0 Å². The molecule has 2 fully saturated rings. The van der Waals surface area contributed by atoms with Crippen LogP contribution in [0.1, 0.15) is 29.3 Å². The number of hydrogen-bond acceptors (Lipinski definition) is 5. The Morgan fingerprint density at radius 3 is 2.50 bits per heavy atom. The molecule has 1 aromatic carbocycles. The molecule has 3 rings (SSSR count). The van der Waals surface area contributed by atoms with Crippen LogP contribution in [0.25, 0.3) is 0 Å². The van der Waals surface area contributed by atoms with Crippen molar-refractivity contribution in [2.45, 2.75) is 18.9 Å². The average Bonchev–Trinajstić information content (AvgIpc) is 2.92. The van der Waals surface area contributed by atoms with Crippen LogP contribution in [0.2, 0.25) is 0 Å². The summed E-state index contributed by atoms with van der Waals surface area (Å²) in [4.78, 5) is 37.9. The first kappa shape index (κ1) is 18.3. The number of hydrogen-bond donors (Lipinski definition) is 4. The van der Waals surface area contributed by atoms with Gasteiger partial charge >= 0.3 is 6.03 Å². The lowest BCUT2D eigenvalue weighted by Crippen LogP contribution is -2.44. The molecule has 0 spiro atoms. The molecule has 0 bridgehead atoms. The number of nitrogens with zero attached hydrogens (tertiary/aromatic N) is 1. The van der Waals surface area contributed by atoms with Gasteiger partial charge in [-0.3, -0.25) is 14.9 Å². The predicted octanol–water partition coefficient (Wildman–Crippen LogP) is -0.234. The summed E-state index contributed by atoms with van der Waals surface area (Å²) in [5.74, 6) is -0.533. The van der Waals surface area contributed by atoms with Gasteiger partial charge in [0.1, 0.15) is 5.54 Å². The van der Waals surface area contributed by atoms with Gasteiger partial charge in [0.2, 0.25) is 0 Å². The maximum absolute atomic E-state index is 12.2. The van der Waals surface area contributed by atoms with Crippen LogP contribution >= 0.6 is 0 Å². The zero-order chi connectivity index (χ0) is 18.6. The van der Waals surface area contributed by atoms with Gasteiger partial charge < -0.3 is 20.9 Å². The van der Waals surface area contributed by atoms with E-state index in [9.17, 15) is 14.4 Å². The highest BCUT2D eigenvalue weighted by molar-refractivity contribution is 6.07. The van der Waals surface area contributed by atoms with E-state index >= 15 is 0 Å². The van der Waals surface area contributed by atoms with Crippen LogP contribution in [0.15, 0.2) is 24.3 Å². The predicted molar refractivity (Wildman–Crippen MR) is 96.7 cm³/mol. The number of carbonyl (C=O) groups excluding carboxylic acids is 3. The van der Waals surface area contributed by atoms with E-state index in [0.717, 1.165) is 39.1 Å². The SMILES string of the molecule is CC1(c2ccc(C(=O)NCCCN3CCNCC3)cc2)NC(=O)NC1=O. The zero-order valence-electron chi connectivity index (χ0n) is 14.9. The van der Waals surface area contributed by atoms with Crippen LogP contribution in [0.5, 0.6) is 0 Å². The fourth-order valence-corrected chi connectivity index (χ4v) is 3.24. The number of carbonyl (C=O) groups is 3. The molecular weight excluding hydrogens is 334 g/mol. The number of rotatable bonds is 6. The number of urea groups is 1. The Morgan fingerprint density at radius 1 is 1.19 bits per heavy atom. The second-order valence-corrected chi connectivity index (χ2v) is 6.81. The van der Waals surface area contributed by atoms with Gasteiger partial charge in [0, 0.05) is 38.3 Å². The van der Waals surface area contributed by atoms with Crippen molar-refractivity contribution in [3.05, 3.63) is 35.4 Å². The van der Waals surface area contributed by atoms with Crippen LogP contribution in [0.3, 0.4) is 0 Å². The van der Waals surface area contributed by atoms with Gasteiger partial charge in [0.25, 0.3) is 11.8 Å². The summed E-state index contributed by atoms with van der Waals surface area (Å²) >= 11 is 0. The van der Waals surface area contributed by atoms with Crippen LogP contribution in [-0.4, -0.2) is 62.0 Å². The molecule has 1 aromatic rings. The van der Waals surface area contributed by atoms with Crippen molar-refractivity contribution in [1.82, 2.24) is 26.2 Å². The van der Waals surface area contributed by atoms with E-state index in [1.807, 2.05) is 0 Å². The molecule has 8 heteroatoms. The number of imide groups is 1. The molecule has 4 amide bonds. The summed E-state index contributed by atoms with van der Waals surface area (Å²) in [5.41, 5.74) is 0.0652. The highest BCUT2D eigenvalue weighted by Crippen LogP contribution is 2.24. The third-order valence-corrected chi connectivity index (χ3v) is 4.92. The molecule has 0 saturated carbocycles. The van der Waals surface area contributed by atoms with Gasteiger partial charge in [-0.1, -0.05) is 12.1 Å². The molecule has 2 aliphatic heterocycles. The molecule has 0 radical (unpaired) electrons. The summed E-state index contributed by atoms with van der Waals surface area (Å²) in [5, 5.41) is 11.1. The Morgan fingerprint density at radius 2 is 1.88 bits per heavy atom. The smallest absolute Gasteiger partial charge is 0.322 e. The fraction of sp³-hybridized carbons (Fsp3) is 0.500. The fourth-order valence-electron chi connectivity index (χ4n) is 3.24.